The summed E-state index contributed by atoms with van der Waals surface area (Å²) in [4.78, 5) is 8.87. The number of nitrogens with one attached hydrogen (secondary N) is 2. The van der Waals surface area contributed by atoms with E-state index in [1.165, 1.54) is 0 Å². The molecule has 0 bridgehead atoms. The molecule has 1 aromatic rings. The van der Waals surface area contributed by atoms with Gasteiger partial charge in [-0.3, -0.25) is 0 Å². The molecule has 0 aliphatic rings. The maximum Gasteiger partial charge on any atom is 0.216 e. The quantitative estimate of drug-likeness (QED) is 0.305. The van der Waals surface area contributed by atoms with Crippen molar-refractivity contribution in [3.8, 4) is 0 Å². The number of hydrogen-bond acceptors (Lipinski definition) is 4. The highest BCUT2D eigenvalue weighted by atomic mass is 127. The number of rotatable bonds is 9. The van der Waals surface area contributed by atoms with Gasteiger partial charge in [0.15, 0.2) is 5.96 Å². The van der Waals surface area contributed by atoms with Crippen LogP contribution in [0.1, 0.15) is 51.0 Å². The Morgan fingerprint density at radius 2 is 2.00 bits per heavy atom. The number of halogens is 1. The van der Waals surface area contributed by atoms with Crippen LogP contribution in [-0.2, 0) is 6.54 Å². The van der Waals surface area contributed by atoms with Crippen molar-refractivity contribution in [1.82, 2.24) is 15.6 Å². The monoisotopic (exact) mass is 452 g/mol. The largest absolute Gasteiger partial charge is 0.444 e. The van der Waals surface area contributed by atoms with Crippen molar-refractivity contribution in [3.63, 3.8) is 0 Å². The van der Waals surface area contributed by atoms with E-state index in [2.05, 4.69) is 34.5 Å². The Bertz CT molecular complexity index is 469. The number of aryl methyl sites for hydroxylation is 2. The minimum atomic E-state index is 0. The summed E-state index contributed by atoms with van der Waals surface area (Å²) in [6.07, 6.45) is 1.90. The van der Waals surface area contributed by atoms with Gasteiger partial charge < -0.3 is 20.2 Å². The highest BCUT2D eigenvalue weighted by molar-refractivity contribution is 14.0. The molecule has 7 heteroatoms. The molecule has 140 valence electrons. The van der Waals surface area contributed by atoms with Gasteiger partial charge in [-0.2, -0.15) is 0 Å². The third-order valence-corrected chi connectivity index (χ3v) is 3.69. The number of oxazole rings is 1. The Labute approximate surface area is 162 Å². The van der Waals surface area contributed by atoms with Crippen molar-refractivity contribution < 1.29 is 9.52 Å². The molecule has 0 fully saturated rings. The topological polar surface area (TPSA) is 82.7 Å². The Morgan fingerprint density at radius 1 is 1.29 bits per heavy atom. The standard InChI is InChI=1S/C17H32N4O2.HI/c1-6-18-17(19-10-15(7-8-22)9-12(2)3)20-11-16-21-13(4)14(5)23-16;/h12,15,22H,6-11H2,1-5H3,(H2,18,19,20);1H. The maximum atomic E-state index is 9.20. The van der Waals surface area contributed by atoms with Gasteiger partial charge in [-0.25, -0.2) is 9.98 Å². The summed E-state index contributed by atoms with van der Waals surface area (Å²) >= 11 is 0. The van der Waals surface area contributed by atoms with Gasteiger partial charge in [0, 0.05) is 19.7 Å². The van der Waals surface area contributed by atoms with Gasteiger partial charge in [-0.05, 0) is 45.4 Å². The van der Waals surface area contributed by atoms with Crippen LogP contribution in [0.15, 0.2) is 9.41 Å². The van der Waals surface area contributed by atoms with Crippen LogP contribution in [0, 0.1) is 25.7 Å². The van der Waals surface area contributed by atoms with Crippen LogP contribution >= 0.6 is 24.0 Å². The molecule has 0 aliphatic heterocycles. The number of aliphatic hydroxyl groups is 1. The van der Waals surface area contributed by atoms with Crippen LogP contribution in [0.4, 0.5) is 0 Å². The SMILES string of the molecule is CCNC(=NCc1nc(C)c(C)o1)NCC(CCO)CC(C)C.I. The summed E-state index contributed by atoms with van der Waals surface area (Å²) < 4.78 is 5.55. The molecule has 0 radical (unpaired) electrons. The first-order valence-corrected chi connectivity index (χ1v) is 8.52. The molecular weight excluding hydrogens is 419 g/mol. The lowest BCUT2D eigenvalue weighted by atomic mass is 9.94. The first-order valence-electron chi connectivity index (χ1n) is 8.52. The highest BCUT2D eigenvalue weighted by Gasteiger charge is 2.12. The number of aliphatic imine (C=N–C) groups is 1. The van der Waals surface area contributed by atoms with Gasteiger partial charge in [-0.15, -0.1) is 24.0 Å². The molecule has 0 aliphatic carbocycles. The van der Waals surface area contributed by atoms with Gasteiger partial charge in [0.25, 0.3) is 0 Å². The molecular formula is C17H33IN4O2. The van der Waals surface area contributed by atoms with Crippen LogP contribution in [0.2, 0.25) is 0 Å². The Hall–Kier alpha value is -0.830. The molecule has 0 saturated heterocycles. The van der Waals surface area contributed by atoms with E-state index in [4.69, 9.17) is 4.42 Å². The molecule has 24 heavy (non-hydrogen) atoms. The molecule has 1 heterocycles. The Morgan fingerprint density at radius 3 is 2.50 bits per heavy atom. The van der Waals surface area contributed by atoms with Crippen LogP contribution in [-0.4, -0.2) is 35.7 Å². The normalized spacial score (nSPS) is 12.9. The van der Waals surface area contributed by atoms with Crippen molar-refractivity contribution >= 4 is 29.9 Å². The molecule has 3 N–H and O–H groups in total. The average Bonchev–Trinajstić information content (AvgIpc) is 2.80. The third kappa shape index (κ3) is 8.86. The molecule has 0 aromatic carbocycles. The maximum absolute atomic E-state index is 9.20. The Kier molecular flexibility index (Phi) is 12.1. The van der Waals surface area contributed by atoms with Gasteiger partial charge in [-0.1, -0.05) is 13.8 Å². The van der Waals surface area contributed by atoms with Crippen LogP contribution < -0.4 is 10.6 Å². The van der Waals surface area contributed by atoms with Crippen molar-refractivity contribution in [2.45, 2.75) is 54.0 Å². The van der Waals surface area contributed by atoms with Gasteiger partial charge in [0.05, 0.1) is 5.69 Å². The fourth-order valence-corrected chi connectivity index (χ4v) is 2.49. The van der Waals surface area contributed by atoms with E-state index in [0.29, 0.717) is 24.3 Å². The van der Waals surface area contributed by atoms with Gasteiger partial charge >= 0.3 is 0 Å². The predicted molar refractivity (Wildman–Crippen MR) is 109 cm³/mol. The van der Waals surface area contributed by atoms with E-state index in [0.717, 1.165) is 43.3 Å². The van der Waals surface area contributed by atoms with Crippen LogP contribution in [0.25, 0.3) is 0 Å². The number of aliphatic hydroxyl groups excluding tert-OH is 1. The summed E-state index contributed by atoms with van der Waals surface area (Å²) in [5.41, 5.74) is 0.910. The molecule has 1 aromatic heterocycles. The van der Waals surface area contributed by atoms with Crippen molar-refractivity contribution in [1.29, 1.82) is 0 Å². The molecule has 1 unspecified atom stereocenters. The van der Waals surface area contributed by atoms with E-state index in [1.807, 2.05) is 20.8 Å². The zero-order chi connectivity index (χ0) is 17.2. The van der Waals surface area contributed by atoms with Gasteiger partial charge in [0.1, 0.15) is 12.3 Å². The summed E-state index contributed by atoms with van der Waals surface area (Å²) in [6.45, 7) is 12.5. The van der Waals surface area contributed by atoms with Gasteiger partial charge in [0.2, 0.25) is 5.89 Å². The number of aromatic nitrogens is 1. The summed E-state index contributed by atoms with van der Waals surface area (Å²) in [7, 11) is 0. The van der Waals surface area contributed by atoms with E-state index in [9.17, 15) is 5.11 Å². The fourth-order valence-electron chi connectivity index (χ4n) is 2.49. The van der Waals surface area contributed by atoms with E-state index in [1.54, 1.807) is 0 Å². The zero-order valence-corrected chi connectivity index (χ0v) is 17.9. The van der Waals surface area contributed by atoms with Crippen LogP contribution in [0.5, 0.6) is 0 Å². The molecule has 6 nitrogen and oxygen atoms in total. The Balaban J connectivity index is 0.00000529. The lowest BCUT2D eigenvalue weighted by molar-refractivity contribution is 0.243. The van der Waals surface area contributed by atoms with Crippen molar-refractivity contribution in [2.24, 2.45) is 16.8 Å². The fraction of sp³-hybridized carbons (Fsp3) is 0.765. The molecule has 0 spiro atoms. The second-order valence-corrected chi connectivity index (χ2v) is 6.33. The summed E-state index contributed by atoms with van der Waals surface area (Å²) in [5.74, 6) is 3.29. The minimum Gasteiger partial charge on any atom is -0.444 e. The van der Waals surface area contributed by atoms with Crippen molar-refractivity contribution in [2.75, 3.05) is 19.7 Å². The second-order valence-electron chi connectivity index (χ2n) is 6.33. The first kappa shape index (κ1) is 23.2. The van der Waals surface area contributed by atoms with E-state index < -0.39 is 0 Å². The zero-order valence-electron chi connectivity index (χ0n) is 15.6. The molecule has 1 atom stereocenters. The summed E-state index contributed by atoms with van der Waals surface area (Å²) in [6, 6.07) is 0. The first-order chi connectivity index (χ1) is 11.0. The molecule has 0 amide bonds. The third-order valence-electron chi connectivity index (χ3n) is 3.69. The lowest BCUT2D eigenvalue weighted by Crippen LogP contribution is -2.40. The minimum absolute atomic E-state index is 0. The number of nitrogens with zero attached hydrogens (tertiary/aromatic N) is 2. The second kappa shape index (κ2) is 12.5. The number of guanidine groups is 1. The summed E-state index contributed by atoms with van der Waals surface area (Å²) in [5, 5.41) is 15.8. The average molecular weight is 452 g/mol. The smallest absolute Gasteiger partial charge is 0.216 e. The molecule has 1 rings (SSSR count). The van der Waals surface area contributed by atoms with Crippen molar-refractivity contribution in [3.05, 3.63) is 17.3 Å². The predicted octanol–water partition coefficient (Wildman–Crippen LogP) is 3.01. The van der Waals surface area contributed by atoms with E-state index >= 15 is 0 Å². The van der Waals surface area contributed by atoms with Crippen LogP contribution in [0.3, 0.4) is 0 Å². The molecule has 0 saturated carbocycles. The lowest BCUT2D eigenvalue weighted by Gasteiger charge is -2.20. The number of hydrogen-bond donors (Lipinski definition) is 3. The van der Waals surface area contributed by atoms with E-state index in [-0.39, 0.29) is 30.6 Å². The highest BCUT2D eigenvalue weighted by Crippen LogP contribution is 2.14.